The lowest BCUT2D eigenvalue weighted by atomic mass is 9.90. The largest absolute Gasteiger partial charge is 0.465 e. The van der Waals surface area contributed by atoms with Crippen LogP contribution in [0.4, 0.5) is 21.0 Å². The van der Waals surface area contributed by atoms with E-state index in [1.165, 1.54) is 24.3 Å². The summed E-state index contributed by atoms with van der Waals surface area (Å²) in [4.78, 5) is 52.3. The molecule has 0 bridgehead atoms. The molecule has 3 aromatic carbocycles. The molecule has 1 fully saturated rings. The van der Waals surface area contributed by atoms with Crippen molar-refractivity contribution in [3.05, 3.63) is 100 Å². The number of anilines is 2. The van der Waals surface area contributed by atoms with Gasteiger partial charge >= 0.3 is 12.2 Å². The van der Waals surface area contributed by atoms with Gasteiger partial charge in [-0.3, -0.25) is 20.2 Å². The molecule has 11 nitrogen and oxygen atoms in total. The van der Waals surface area contributed by atoms with Crippen molar-refractivity contribution in [2.75, 3.05) is 37.4 Å². The van der Waals surface area contributed by atoms with Crippen LogP contribution in [0.3, 0.4) is 0 Å². The number of benzene rings is 3. The molecule has 0 radical (unpaired) electrons. The van der Waals surface area contributed by atoms with E-state index in [9.17, 15) is 19.2 Å². The first-order valence-electron chi connectivity index (χ1n) is 13.9. The zero-order valence-electron chi connectivity index (χ0n) is 23.8. The minimum atomic E-state index is -1.22. The Morgan fingerprint density at radius 2 is 1.89 bits per heavy atom. The molecule has 2 aliphatic rings. The van der Waals surface area contributed by atoms with Gasteiger partial charge in [-0.2, -0.15) is 0 Å². The molecule has 4 N–H and O–H groups in total. The third-order valence-electron chi connectivity index (χ3n) is 7.54. The highest BCUT2D eigenvalue weighted by Crippen LogP contribution is 2.44. The predicted molar refractivity (Wildman–Crippen MR) is 165 cm³/mol. The number of likely N-dealkylation sites (tertiary alicyclic amines) is 1. The molecule has 12 heteroatoms. The van der Waals surface area contributed by atoms with Gasteiger partial charge in [0.1, 0.15) is 6.04 Å². The van der Waals surface area contributed by atoms with Crippen LogP contribution >= 0.6 is 11.6 Å². The Hall–Kier alpha value is -4.87. The van der Waals surface area contributed by atoms with E-state index < -0.39 is 29.7 Å². The lowest BCUT2D eigenvalue weighted by Crippen LogP contribution is -2.50. The van der Waals surface area contributed by atoms with Crippen molar-refractivity contribution in [2.24, 2.45) is 0 Å². The minimum Gasteiger partial charge on any atom is -0.465 e. The number of carbonyl (C=O) groups excluding carboxylic acids is 3. The number of halogens is 1. The topological polar surface area (TPSA) is 146 Å². The fourth-order valence-corrected chi connectivity index (χ4v) is 5.59. The molecule has 0 unspecified atom stereocenters. The highest BCUT2D eigenvalue weighted by atomic mass is 35.5. The summed E-state index contributed by atoms with van der Waals surface area (Å²) in [5.74, 6) is -0.828. The number of carbonyl (C=O) groups is 4. The maximum absolute atomic E-state index is 14.0. The van der Waals surface area contributed by atoms with Crippen LogP contribution in [0.1, 0.15) is 33.5 Å². The van der Waals surface area contributed by atoms with Crippen molar-refractivity contribution in [3.8, 4) is 0 Å². The molecule has 5 rings (SSSR count). The second kappa shape index (κ2) is 13.2. The number of ether oxygens (including phenoxy) is 2. The summed E-state index contributed by atoms with van der Waals surface area (Å²) in [6.07, 6.45) is 2.55. The maximum atomic E-state index is 14.0. The minimum absolute atomic E-state index is 0.0950. The molecule has 0 aromatic heterocycles. The van der Waals surface area contributed by atoms with Crippen molar-refractivity contribution < 1.29 is 33.8 Å². The summed E-state index contributed by atoms with van der Waals surface area (Å²) in [6, 6.07) is 17.7. The number of amides is 4. The normalized spacial score (nSPS) is 18.0. The van der Waals surface area contributed by atoms with Crippen molar-refractivity contribution in [3.63, 3.8) is 0 Å². The van der Waals surface area contributed by atoms with Crippen LogP contribution in [0.2, 0.25) is 5.02 Å². The van der Waals surface area contributed by atoms with Gasteiger partial charge in [0.2, 0.25) is 5.91 Å². The molecule has 4 amide bonds. The summed E-state index contributed by atoms with van der Waals surface area (Å²) in [6.45, 7) is 0.873. The molecule has 0 saturated carbocycles. The van der Waals surface area contributed by atoms with E-state index >= 15 is 0 Å². The number of rotatable bonds is 9. The molecular formula is C32H31ClN4O7. The standard InChI is InChI=1S/C32H31ClN4O7/c1-43-16-2-3-20-4-6-21(7-5-20)17-27(35-28(38)22-8-11-24(12-9-22)34-30(40)41)29(39)37-15-14-32(19-37)25-18-23(33)10-13-26(25)36-31(42)44-32/h2-13,18,27,34H,14-17,19H2,1H3,(H,35,38)(H,36,42)(H,40,41)/b3-2+/t27-,32-/m0/s1. The van der Waals surface area contributed by atoms with Crippen LogP contribution in [0.25, 0.3) is 6.08 Å². The zero-order valence-corrected chi connectivity index (χ0v) is 24.6. The van der Waals surface area contributed by atoms with E-state index in [1.54, 1.807) is 30.2 Å². The van der Waals surface area contributed by atoms with Gasteiger partial charge in [0.25, 0.3) is 5.91 Å². The number of nitrogens with zero attached hydrogens (tertiary/aromatic N) is 1. The Bertz CT molecular complexity index is 1590. The molecular weight excluding hydrogens is 588 g/mol. The molecule has 3 aromatic rings. The first-order chi connectivity index (χ1) is 21.2. The smallest absolute Gasteiger partial charge is 0.412 e. The SMILES string of the molecule is COC/C=C/c1ccc(C[C@H](NC(=O)c2ccc(NC(=O)O)cc2)C(=O)N2CC[C@@]3(C2)OC(=O)Nc2ccc(Cl)cc23)cc1. The third-order valence-corrected chi connectivity index (χ3v) is 7.77. The lowest BCUT2D eigenvalue weighted by Gasteiger charge is -2.35. The maximum Gasteiger partial charge on any atom is 0.412 e. The molecule has 1 spiro atoms. The Kier molecular flexibility index (Phi) is 9.17. The van der Waals surface area contributed by atoms with Crippen LogP contribution in [0.15, 0.2) is 72.8 Å². The number of hydrogen-bond donors (Lipinski definition) is 4. The second-order valence-corrected chi connectivity index (χ2v) is 11.0. The summed E-state index contributed by atoms with van der Waals surface area (Å²) < 4.78 is 10.8. The molecule has 2 aliphatic heterocycles. The van der Waals surface area contributed by atoms with Gasteiger partial charge in [-0.05, 0) is 53.6 Å². The first kappa shape index (κ1) is 30.6. The average molecular weight is 619 g/mol. The van der Waals surface area contributed by atoms with Crippen LogP contribution in [-0.2, 0) is 26.3 Å². The Balaban J connectivity index is 1.38. The van der Waals surface area contributed by atoms with E-state index in [1.807, 2.05) is 36.4 Å². The average Bonchev–Trinajstić information content (AvgIpc) is 3.42. The highest BCUT2D eigenvalue weighted by molar-refractivity contribution is 6.30. The van der Waals surface area contributed by atoms with E-state index in [2.05, 4.69) is 16.0 Å². The fourth-order valence-electron chi connectivity index (χ4n) is 5.41. The Morgan fingerprint density at radius 1 is 1.14 bits per heavy atom. The highest BCUT2D eigenvalue weighted by Gasteiger charge is 2.49. The van der Waals surface area contributed by atoms with Crippen molar-refractivity contribution in [2.45, 2.75) is 24.5 Å². The van der Waals surface area contributed by atoms with Crippen LogP contribution in [0.5, 0.6) is 0 Å². The monoisotopic (exact) mass is 618 g/mol. The lowest BCUT2D eigenvalue weighted by molar-refractivity contribution is -0.133. The summed E-state index contributed by atoms with van der Waals surface area (Å²) in [5.41, 5.74) is 2.53. The van der Waals surface area contributed by atoms with Gasteiger partial charge in [0, 0.05) is 48.3 Å². The number of methoxy groups -OCH3 is 1. The second-order valence-electron chi connectivity index (χ2n) is 10.5. The quantitative estimate of drug-likeness (QED) is 0.260. The van der Waals surface area contributed by atoms with Crippen molar-refractivity contribution in [1.29, 1.82) is 0 Å². The van der Waals surface area contributed by atoms with Gasteiger partial charge in [-0.15, -0.1) is 0 Å². The zero-order chi connectivity index (χ0) is 31.3. The molecule has 2 atom stereocenters. The summed E-state index contributed by atoms with van der Waals surface area (Å²) >= 11 is 6.27. The third kappa shape index (κ3) is 7.01. The molecule has 44 heavy (non-hydrogen) atoms. The molecule has 0 aliphatic carbocycles. The van der Waals surface area contributed by atoms with Crippen LogP contribution in [0, 0.1) is 0 Å². The van der Waals surface area contributed by atoms with E-state index in [0.717, 1.165) is 11.1 Å². The van der Waals surface area contributed by atoms with E-state index in [4.69, 9.17) is 26.2 Å². The van der Waals surface area contributed by atoms with E-state index in [0.29, 0.717) is 41.5 Å². The first-order valence-corrected chi connectivity index (χ1v) is 14.3. The van der Waals surface area contributed by atoms with Crippen molar-refractivity contribution in [1.82, 2.24) is 10.2 Å². The summed E-state index contributed by atoms with van der Waals surface area (Å²) in [5, 5.41) is 17.2. The fraction of sp³-hybridized carbons (Fsp3) is 0.250. The van der Waals surface area contributed by atoms with Gasteiger partial charge in [0.15, 0.2) is 5.60 Å². The van der Waals surface area contributed by atoms with Gasteiger partial charge < -0.3 is 24.8 Å². The number of hydrogen-bond acceptors (Lipinski definition) is 6. The number of fused-ring (bicyclic) bond motifs is 2. The number of carboxylic acid groups (broad SMARTS) is 1. The number of nitrogens with one attached hydrogen (secondary N) is 3. The van der Waals surface area contributed by atoms with Crippen LogP contribution < -0.4 is 16.0 Å². The van der Waals surface area contributed by atoms with Gasteiger partial charge in [-0.25, -0.2) is 9.59 Å². The Morgan fingerprint density at radius 3 is 2.59 bits per heavy atom. The predicted octanol–water partition coefficient (Wildman–Crippen LogP) is 5.12. The van der Waals surface area contributed by atoms with Gasteiger partial charge in [-0.1, -0.05) is 48.0 Å². The Labute approximate surface area is 258 Å². The van der Waals surface area contributed by atoms with Gasteiger partial charge in [0.05, 0.1) is 18.8 Å². The van der Waals surface area contributed by atoms with Crippen LogP contribution in [-0.4, -0.2) is 66.9 Å². The van der Waals surface area contributed by atoms with Crippen molar-refractivity contribution >= 4 is 53.1 Å². The summed E-state index contributed by atoms with van der Waals surface area (Å²) in [7, 11) is 1.62. The molecule has 228 valence electrons. The van der Waals surface area contributed by atoms with E-state index in [-0.39, 0.29) is 24.4 Å². The molecule has 1 saturated heterocycles. The molecule has 2 heterocycles.